The molecule has 0 bridgehead atoms. The van der Waals surface area contributed by atoms with Crippen molar-refractivity contribution in [1.29, 1.82) is 0 Å². The minimum absolute atomic E-state index is 0.594. The van der Waals surface area contributed by atoms with E-state index in [1.807, 2.05) is 72.0 Å². The van der Waals surface area contributed by atoms with Crippen molar-refractivity contribution in [2.45, 2.75) is 0 Å². The van der Waals surface area contributed by atoms with Crippen LogP contribution in [0.25, 0.3) is 115 Å². The van der Waals surface area contributed by atoms with Crippen molar-refractivity contribution < 1.29 is 4.42 Å². The first-order chi connectivity index (χ1) is 28.2. The maximum atomic E-state index is 6.70. The number of hydrogen-bond acceptors (Lipinski definition) is 5. The Hall–Kier alpha value is -7.41. The van der Waals surface area contributed by atoms with Crippen LogP contribution >= 0.6 is 11.3 Å². The van der Waals surface area contributed by atoms with E-state index in [0.717, 1.165) is 49.9 Å². The molecule has 4 aromatic heterocycles. The van der Waals surface area contributed by atoms with Crippen LogP contribution in [0.3, 0.4) is 0 Å². The van der Waals surface area contributed by atoms with Crippen molar-refractivity contribution >= 4 is 75.3 Å². The zero-order valence-electron chi connectivity index (χ0n) is 30.4. The fraction of sp³-hybridized carbons (Fsp3) is 0. The molecule has 0 aliphatic carbocycles. The second kappa shape index (κ2) is 12.6. The van der Waals surface area contributed by atoms with Crippen LogP contribution in [0, 0.1) is 0 Å². The highest BCUT2D eigenvalue weighted by Crippen LogP contribution is 2.46. The molecule has 12 aromatic rings. The topological polar surface area (TPSA) is 56.7 Å². The molecule has 0 spiro atoms. The fourth-order valence-corrected chi connectivity index (χ4v) is 9.61. The molecule has 57 heavy (non-hydrogen) atoms. The van der Waals surface area contributed by atoms with Crippen LogP contribution in [0.1, 0.15) is 0 Å². The number of fused-ring (bicyclic) bond motifs is 9. The van der Waals surface area contributed by atoms with Gasteiger partial charge in [0.15, 0.2) is 17.5 Å². The largest absolute Gasteiger partial charge is 0.456 e. The molecule has 0 atom stereocenters. The molecular formula is C51H30N4OS. The molecule has 12 rings (SSSR count). The summed E-state index contributed by atoms with van der Waals surface area (Å²) < 4.78 is 11.7. The lowest BCUT2D eigenvalue weighted by molar-refractivity contribution is 0.669. The standard InChI is InChI=1S/C51H30N4OS/c1-4-14-31(15-5-1)49-52-50(32-16-6-2-7-17-32)54-51(53-49)33-26-27-38-44(28-33)56-43-24-13-22-37(48(38)43)36-21-12-23-41-47(36)40-29-39-35-20-10-11-25-45(35)57-46(39)30-42(40)55(41)34-18-8-3-9-19-34/h1-30H. The molecule has 0 saturated carbocycles. The predicted molar refractivity (Wildman–Crippen MR) is 236 cm³/mol. The zero-order valence-corrected chi connectivity index (χ0v) is 31.2. The van der Waals surface area contributed by atoms with Gasteiger partial charge in [-0.05, 0) is 65.7 Å². The van der Waals surface area contributed by atoms with Crippen molar-refractivity contribution in [1.82, 2.24) is 19.5 Å². The van der Waals surface area contributed by atoms with Crippen LogP contribution < -0.4 is 0 Å². The Bertz CT molecular complexity index is 3460. The monoisotopic (exact) mass is 746 g/mol. The molecular weight excluding hydrogens is 717 g/mol. The number of thiophene rings is 1. The quantitative estimate of drug-likeness (QED) is 0.176. The van der Waals surface area contributed by atoms with Crippen LogP contribution in [0.15, 0.2) is 186 Å². The first kappa shape index (κ1) is 31.9. The number of nitrogens with zero attached hydrogens (tertiary/aromatic N) is 4. The van der Waals surface area contributed by atoms with Gasteiger partial charge in [0.1, 0.15) is 11.2 Å². The smallest absolute Gasteiger partial charge is 0.164 e. The van der Waals surface area contributed by atoms with Gasteiger partial charge in [0, 0.05) is 64.1 Å². The van der Waals surface area contributed by atoms with Crippen LogP contribution in [-0.2, 0) is 0 Å². The predicted octanol–water partition coefficient (Wildman–Crippen LogP) is 13.9. The van der Waals surface area contributed by atoms with E-state index >= 15 is 0 Å². The Kier molecular flexibility index (Phi) is 7.03. The van der Waals surface area contributed by atoms with E-state index in [1.54, 1.807) is 0 Å². The normalized spacial score (nSPS) is 11.9. The minimum atomic E-state index is 0.594. The van der Waals surface area contributed by atoms with Gasteiger partial charge in [-0.1, -0.05) is 127 Å². The lowest BCUT2D eigenvalue weighted by atomic mass is 9.95. The van der Waals surface area contributed by atoms with E-state index in [0.29, 0.717) is 17.5 Å². The number of rotatable bonds is 5. The number of benzene rings is 8. The molecule has 0 amide bonds. The first-order valence-corrected chi connectivity index (χ1v) is 19.8. The van der Waals surface area contributed by atoms with Crippen molar-refractivity contribution in [3.63, 3.8) is 0 Å². The van der Waals surface area contributed by atoms with E-state index in [4.69, 9.17) is 19.4 Å². The van der Waals surface area contributed by atoms with Crippen molar-refractivity contribution in [3.05, 3.63) is 182 Å². The average Bonchev–Trinajstić information content (AvgIpc) is 3.95. The fourth-order valence-electron chi connectivity index (χ4n) is 8.49. The Labute approximate surface area is 330 Å². The maximum absolute atomic E-state index is 6.70. The van der Waals surface area contributed by atoms with Gasteiger partial charge >= 0.3 is 0 Å². The van der Waals surface area contributed by atoms with Gasteiger partial charge < -0.3 is 8.98 Å². The van der Waals surface area contributed by atoms with Gasteiger partial charge in [-0.15, -0.1) is 11.3 Å². The van der Waals surface area contributed by atoms with E-state index in [-0.39, 0.29) is 0 Å². The minimum Gasteiger partial charge on any atom is -0.456 e. The SMILES string of the molecule is c1ccc(-c2nc(-c3ccccc3)nc(-c3ccc4c(c3)oc3cccc(-c5cccc6c5c5cc7c(cc5n6-c5ccccc5)sc5ccccc57)c34)n2)cc1. The summed E-state index contributed by atoms with van der Waals surface area (Å²) in [5.74, 6) is 1.85. The van der Waals surface area contributed by atoms with E-state index in [1.165, 1.54) is 47.5 Å². The first-order valence-electron chi connectivity index (χ1n) is 19.0. The van der Waals surface area contributed by atoms with Crippen LogP contribution in [-0.4, -0.2) is 19.5 Å². The van der Waals surface area contributed by atoms with Gasteiger partial charge in [-0.3, -0.25) is 0 Å². The summed E-state index contributed by atoms with van der Waals surface area (Å²) in [7, 11) is 0. The molecule has 4 heterocycles. The molecule has 8 aromatic carbocycles. The highest BCUT2D eigenvalue weighted by Gasteiger charge is 2.22. The molecule has 6 heteroatoms. The molecule has 5 nitrogen and oxygen atoms in total. The third-order valence-electron chi connectivity index (χ3n) is 11.0. The Morgan fingerprint density at radius 1 is 0.386 bits per heavy atom. The Balaban J connectivity index is 1.08. The van der Waals surface area contributed by atoms with Crippen LogP contribution in [0.2, 0.25) is 0 Å². The third kappa shape index (κ3) is 5.04. The molecule has 0 unspecified atom stereocenters. The molecule has 0 aliphatic heterocycles. The molecule has 0 fully saturated rings. The lowest BCUT2D eigenvalue weighted by Crippen LogP contribution is -2.00. The summed E-state index contributed by atoms with van der Waals surface area (Å²) >= 11 is 1.86. The van der Waals surface area contributed by atoms with Gasteiger partial charge in [0.2, 0.25) is 0 Å². The Morgan fingerprint density at radius 3 is 1.75 bits per heavy atom. The number of aromatic nitrogens is 4. The molecule has 266 valence electrons. The summed E-state index contributed by atoms with van der Waals surface area (Å²) in [5, 5.41) is 7.15. The lowest BCUT2D eigenvalue weighted by Gasteiger charge is -2.09. The zero-order chi connectivity index (χ0) is 37.5. The Morgan fingerprint density at radius 2 is 1.02 bits per heavy atom. The average molecular weight is 747 g/mol. The molecule has 0 saturated heterocycles. The maximum Gasteiger partial charge on any atom is 0.164 e. The number of furan rings is 1. The second-order valence-electron chi connectivity index (χ2n) is 14.4. The van der Waals surface area contributed by atoms with Gasteiger partial charge in [-0.25, -0.2) is 15.0 Å². The summed E-state index contributed by atoms with van der Waals surface area (Å²) in [6.07, 6.45) is 0. The highest BCUT2D eigenvalue weighted by molar-refractivity contribution is 7.25. The number of para-hydroxylation sites is 1. The van der Waals surface area contributed by atoms with Crippen LogP contribution in [0.5, 0.6) is 0 Å². The highest BCUT2D eigenvalue weighted by atomic mass is 32.1. The second-order valence-corrected chi connectivity index (χ2v) is 15.4. The molecule has 0 radical (unpaired) electrons. The van der Waals surface area contributed by atoms with Crippen molar-refractivity contribution in [3.8, 4) is 51.0 Å². The summed E-state index contributed by atoms with van der Waals surface area (Å²) in [5.41, 5.74) is 10.1. The van der Waals surface area contributed by atoms with E-state index in [2.05, 4.69) is 126 Å². The van der Waals surface area contributed by atoms with Crippen molar-refractivity contribution in [2.75, 3.05) is 0 Å². The van der Waals surface area contributed by atoms with Gasteiger partial charge in [-0.2, -0.15) is 0 Å². The molecule has 0 N–H and O–H groups in total. The molecule has 0 aliphatic rings. The summed E-state index contributed by atoms with van der Waals surface area (Å²) in [6, 6.07) is 63.8. The van der Waals surface area contributed by atoms with Gasteiger partial charge in [0.05, 0.1) is 11.0 Å². The van der Waals surface area contributed by atoms with Crippen LogP contribution in [0.4, 0.5) is 0 Å². The van der Waals surface area contributed by atoms with E-state index in [9.17, 15) is 0 Å². The number of hydrogen-bond donors (Lipinski definition) is 0. The van der Waals surface area contributed by atoms with E-state index < -0.39 is 0 Å². The van der Waals surface area contributed by atoms with Gasteiger partial charge in [0.25, 0.3) is 0 Å². The summed E-state index contributed by atoms with van der Waals surface area (Å²) in [6.45, 7) is 0. The summed E-state index contributed by atoms with van der Waals surface area (Å²) in [4.78, 5) is 14.9. The third-order valence-corrected chi connectivity index (χ3v) is 12.2. The van der Waals surface area contributed by atoms with Crippen molar-refractivity contribution in [2.24, 2.45) is 0 Å².